The molecule has 2 saturated heterocycles. The molecule has 0 aliphatic carbocycles. The Balaban J connectivity index is 0.00000320. The Morgan fingerprint density at radius 3 is 2.57 bits per heavy atom. The van der Waals surface area contributed by atoms with Crippen molar-refractivity contribution in [3.05, 3.63) is 35.4 Å². The number of aryl methyl sites for hydroxylation is 1. The van der Waals surface area contributed by atoms with E-state index in [9.17, 15) is 0 Å². The van der Waals surface area contributed by atoms with Gasteiger partial charge in [0.15, 0.2) is 5.96 Å². The van der Waals surface area contributed by atoms with E-state index in [2.05, 4.69) is 60.2 Å². The molecule has 1 aromatic rings. The molecule has 0 radical (unpaired) electrons. The first-order valence-electron chi connectivity index (χ1n) is 11.6. The molecule has 1 N–H and O–H groups in total. The summed E-state index contributed by atoms with van der Waals surface area (Å²) in [5.74, 6) is 2.45. The second-order valence-electron chi connectivity index (χ2n) is 8.75. The van der Waals surface area contributed by atoms with Crippen LogP contribution in [-0.4, -0.2) is 74.8 Å². The average Bonchev–Trinajstić information content (AvgIpc) is 3.19. The lowest BCUT2D eigenvalue weighted by Crippen LogP contribution is -2.42. The SMILES string of the molecule is CCNC(=NCCCc1ccc(C(C)C)cc1)N1CCC(CN2CCOCC2)C1.I. The molecule has 5 nitrogen and oxygen atoms in total. The van der Waals surface area contributed by atoms with E-state index in [0.717, 1.165) is 77.2 Å². The van der Waals surface area contributed by atoms with Crippen LogP contribution in [0.25, 0.3) is 0 Å². The van der Waals surface area contributed by atoms with Crippen molar-refractivity contribution in [1.82, 2.24) is 15.1 Å². The van der Waals surface area contributed by atoms with E-state index in [4.69, 9.17) is 9.73 Å². The van der Waals surface area contributed by atoms with E-state index in [1.54, 1.807) is 0 Å². The van der Waals surface area contributed by atoms with Gasteiger partial charge < -0.3 is 15.0 Å². The van der Waals surface area contributed by atoms with Crippen molar-refractivity contribution in [1.29, 1.82) is 0 Å². The van der Waals surface area contributed by atoms with Crippen molar-refractivity contribution in [3.8, 4) is 0 Å². The van der Waals surface area contributed by atoms with Crippen LogP contribution in [0, 0.1) is 5.92 Å². The highest BCUT2D eigenvalue weighted by Gasteiger charge is 2.27. The molecule has 1 aromatic carbocycles. The fourth-order valence-electron chi connectivity index (χ4n) is 4.29. The molecule has 3 rings (SSSR count). The minimum atomic E-state index is 0. The first kappa shape index (κ1) is 25.4. The van der Waals surface area contributed by atoms with Gasteiger partial charge in [0.1, 0.15) is 0 Å². The molecule has 2 aliphatic heterocycles. The third-order valence-corrected chi connectivity index (χ3v) is 6.07. The van der Waals surface area contributed by atoms with Gasteiger partial charge in [-0.25, -0.2) is 0 Å². The van der Waals surface area contributed by atoms with Crippen LogP contribution in [0.2, 0.25) is 0 Å². The Kier molecular flexibility index (Phi) is 11.5. The van der Waals surface area contributed by atoms with Gasteiger partial charge in [-0.05, 0) is 49.1 Å². The van der Waals surface area contributed by atoms with Crippen molar-refractivity contribution < 1.29 is 4.74 Å². The van der Waals surface area contributed by atoms with Crippen LogP contribution in [0.4, 0.5) is 0 Å². The van der Waals surface area contributed by atoms with Crippen LogP contribution in [0.5, 0.6) is 0 Å². The van der Waals surface area contributed by atoms with Crippen LogP contribution >= 0.6 is 24.0 Å². The number of ether oxygens (including phenoxy) is 1. The largest absolute Gasteiger partial charge is 0.379 e. The minimum Gasteiger partial charge on any atom is -0.379 e. The van der Waals surface area contributed by atoms with Gasteiger partial charge in [-0.3, -0.25) is 9.89 Å². The molecule has 2 fully saturated rings. The molecule has 2 heterocycles. The smallest absolute Gasteiger partial charge is 0.193 e. The summed E-state index contributed by atoms with van der Waals surface area (Å²) in [5.41, 5.74) is 2.84. The van der Waals surface area contributed by atoms with Crippen molar-refractivity contribution in [2.75, 3.05) is 59.0 Å². The van der Waals surface area contributed by atoms with E-state index in [1.165, 1.54) is 24.1 Å². The molecular formula is C24H41IN4O. The Hall–Kier alpha value is -0.860. The van der Waals surface area contributed by atoms with Crippen LogP contribution in [0.1, 0.15) is 50.7 Å². The molecule has 0 amide bonds. The fraction of sp³-hybridized carbons (Fsp3) is 0.708. The van der Waals surface area contributed by atoms with E-state index in [1.807, 2.05) is 0 Å². The summed E-state index contributed by atoms with van der Waals surface area (Å²) < 4.78 is 5.48. The number of nitrogens with one attached hydrogen (secondary N) is 1. The Morgan fingerprint density at radius 2 is 1.90 bits per heavy atom. The highest BCUT2D eigenvalue weighted by molar-refractivity contribution is 14.0. The predicted molar refractivity (Wildman–Crippen MR) is 137 cm³/mol. The lowest BCUT2D eigenvalue weighted by Gasteiger charge is -2.29. The van der Waals surface area contributed by atoms with Crippen LogP contribution in [0.3, 0.4) is 0 Å². The highest BCUT2D eigenvalue weighted by atomic mass is 127. The number of halogens is 1. The number of nitrogens with zero attached hydrogens (tertiary/aromatic N) is 3. The van der Waals surface area contributed by atoms with Gasteiger partial charge in [-0.1, -0.05) is 38.1 Å². The molecule has 1 unspecified atom stereocenters. The van der Waals surface area contributed by atoms with Crippen LogP contribution < -0.4 is 5.32 Å². The van der Waals surface area contributed by atoms with Crippen molar-refractivity contribution >= 4 is 29.9 Å². The van der Waals surface area contributed by atoms with Crippen molar-refractivity contribution in [2.24, 2.45) is 10.9 Å². The summed E-state index contributed by atoms with van der Waals surface area (Å²) >= 11 is 0. The Morgan fingerprint density at radius 1 is 1.17 bits per heavy atom. The zero-order chi connectivity index (χ0) is 20.5. The minimum absolute atomic E-state index is 0. The van der Waals surface area contributed by atoms with E-state index in [-0.39, 0.29) is 24.0 Å². The number of aliphatic imine (C=N–C) groups is 1. The summed E-state index contributed by atoms with van der Waals surface area (Å²) in [4.78, 5) is 9.96. The maximum atomic E-state index is 5.48. The average molecular weight is 529 g/mol. The molecule has 0 spiro atoms. The lowest BCUT2D eigenvalue weighted by molar-refractivity contribution is 0.0315. The number of benzene rings is 1. The van der Waals surface area contributed by atoms with Gasteiger partial charge >= 0.3 is 0 Å². The van der Waals surface area contributed by atoms with Gasteiger partial charge in [0.05, 0.1) is 13.2 Å². The maximum absolute atomic E-state index is 5.48. The number of rotatable bonds is 8. The molecule has 2 aliphatic rings. The molecule has 0 bridgehead atoms. The summed E-state index contributed by atoms with van der Waals surface area (Å²) in [5, 5.41) is 3.51. The number of hydrogen-bond acceptors (Lipinski definition) is 3. The second kappa shape index (κ2) is 13.5. The summed E-state index contributed by atoms with van der Waals surface area (Å²) in [6.07, 6.45) is 3.46. The van der Waals surface area contributed by atoms with Crippen LogP contribution in [-0.2, 0) is 11.2 Å². The third-order valence-electron chi connectivity index (χ3n) is 6.07. The maximum Gasteiger partial charge on any atom is 0.193 e. The fourth-order valence-corrected chi connectivity index (χ4v) is 4.29. The van der Waals surface area contributed by atoms with E-state index in [0.29, 0.717) is 5.92 Å². The number of guanidine groups is 1. The van der Waals surface area contributed by atoms with Crippen LogP contribution in [0.15, 0.2) is 29.3 Å². The van der Waals surface area contributed by atoms with Gasteiger partial charge in [0.2, 0.25) is 0 Å². The molecule has 6 heteroatoms. The molecular weight excluding hydrogens is 487 g/mol. The van der Waals surface area contributed by atoms with Gasteiger partial charge in [0.25, 0.3) is 0 Å². The molecule has 0 aromatic heterocycles. The second-order valence-corrected chi connectivity index (χ2v) is 8.75. The quantitative estimate of drug-likeness (QED) is 0.240. The molecule has 1 atom stereocenters. The summed E-state index contributed by atoms with van der Waals surface area (Å²) in [6, 6.07) is 9.10. The van der Waals surface area contributed by atoms with Crippen molar-refractivity contribution in [2.45, 2.75) is 46.0 Å². The number of hydrogen-bond donors (Lipinski definition) is 1. The Bertz CT molecular complexity index is 629. The monoisotopic (exact) mass is 528 g/mol. The first-order chi connectivity index (χ1) is 14.2. The first-order valence-corrected chi connectivity index (χ1v) is 11.6. The predicted octanol–water partition coefficient (Wildman–Crippen LogP) is 3.98. The van der Waals surface area contributed by atoms with E-state index >= 15 is 0 Å². The molecule has 0 saturated carbocycles. The van der Waals surface area contributed by atoms with Gasteiger partial charge in [0, 0.05) is 45.8 Å². The van der Waals surface area contributed by atoms with Gasteiger partial charge in [-0.15, -0.1) is 24.0 Å². The normalized spacial score (nSPS) is 20.5. The standard InChI is InChI=1S/C24H40N4O.HI/c1-4-25-24(26-12-5-6-21-7-9-23(10-8-21)20(2)3)28-13-11-22(19-28)18-27-14-16-29-17-15-27;/h7-10,20,22H,4-6,11-19H2,1-3H3,(H,25,26);1H. The zero-order valence-electron chi connectivity index (χ0n) is 19.1. The number of likely N-dealkylation sites (tertiary alicyclic amines) is 1. The zero-order valence-corrected chi connectivity index (χ0v) is 21.4. The van der Waals surface area contributed by atoms with Gasteiger partial charge in [-0.2, -0.15) is 0 Å². The molecule has 170 valence electrons. The Labute approximate surface area is 200 Å². The lowest BCUT2D eigenvalue weighted by atomic mass is 10.0. The summed E-state index contributed by atoms with van der Waals surface area (Å²) in [7, 11) is 0. The van der Waals surface area contributed by atoms with Crippen molar-refractivity contribution in [3.63, 3.8) is 0 Å². The molecule has 30 heavy (non-hydrogen) atoms. The number of morpholine rings is 1. The highest BCUT2D eigenvalue weighted by Crippen LogP contribution is 2.19. The topological polar surface area (TPSA) is 40.1 Å². The third kappa shape index (κ3) is 8.00. The van der Waals surface area contributed by atoms with E-state index < -0.39 is 0 Å². The summed E-state index contributed by atoms with van der Waals surface area (Å²) in [6.45, 7) is 15.9.